The van der Waals surface area contributed by atoms with Crippen molar-refractivity contribution in [1.29, 1.82) is 0 Å². The van der Waals surface area contributed by atoms with Crippen LogP contribution in [0.1, 0.15) is 31.2 Å². The summed E-state index contributed by atoms with van der Waals surface area (Å²) in [6, 6.07) is 3.96. The highest BCUT2D eigenvalue weighted by Gasteiger charge is 2.39. The molecule has 2 rings (SSSR count). The van der Waals surface area contributed by atoms with Crippen LogP contribution >= 0.6 is 0 Å². The highest BCUT2D eigenvalue weighted by atomic mass is 19.1. The van der Waals surface area contributed by atoms with Crippen molar-refractivity contribution < 1.29 is 19.0 Å². The zero-order valence-electron chi connectivity index (χ0n) is 11.9. The molecule has 1 amide bonds. The van der Waals surface area contributed by atoms with E-state index in [1.807, 2.05) is 0 Å². The molecule has 21 heavy (non-hydrogen) atoms. The van der Waals surface area contributed by atoms with Crippen LogP contribution in [0.25, 0.3) is 0 Å². The first-order valence-corrected chi connectivity index (χ1v) is 6.83. The first-order chi connectivity index (χ1) is 10.1. The molecular formula is C16H18FNO3. The van der Waals surface area contributed by atoms with Gasteiger partial charge in [0.25, 0.3) is 0 Å². The van der Waals surface area contributed by atoms with Crippen molar-refractivity contribution in [1.82, 2.24) is 0 Å². The van der Waals surface area contributed by atoms with Crippen LogP contribution in [0.15, 0.2) is 18.2 Å². The number of benzene rings is 1. The van der Waals surface area contributed by atoms with E-state index in [1.54, 1.807) is 7.11 Å². The number of anilines is 1. The summed E-state index contributed by atoms with van der Waals surface area (Å²) in [4.78, 5) is 12.1. The summed E-state index contributed by atoms with van der Waals surface area (Å²) in [7, 11) is 1.61. The Balaban J connectivity index is 2.10. The molecule has 1 aromatic rings. The number of aliphatic hydroxyl groups excluding tert-OH is 1. The zero-order chi connectivity index (χ0) is 15.3. The van der Waals surface area contributed by atoms with Gasteiger partial charge in [0.15, 0.2) is 0 Å². The van der Waals surface area contributed by atoms with E-state index in [-0.39, 0.29) is 24.5 Å². The van der Waals surface area contributed by atoms with Crippen molar-refractivity contribution in [3.63, 3.8) is 0 Å². The fourth-order valence-corrected chi connectivity index (χ4v) is 2.37. The Bertz CT molecular complexity index is 579. The minimum atomic E-state index is -0.442. The molecule has 112 valence electrons. The third kappa shape index (κ3) is 3.81. The molecule has 2 N–H and O–H groups in total. The van der Waals surface area contributed by atoms with E-state index in [9.17, 15) is 9.18 Å². The standard InChI is InChI=1S/C16H18FNO3/c1-21-16(7-3-8-16)11-15(20)18-14-6-5-13(17)10-12(14)4-2-9-19/h5-6,10,19H,3,7-9,11H2,1H3,(H,18,20). The van der Waals surface area contributed by atoms with Crippen LogP contribution in [-0.4, -0.2) is 30.3 Å². The predicted molar refractivity (Wildman–Crippen MR) is 77.2 cm³/mol. The fourth-order valence-electron chi connectivity index (χ4n) is 2.37. The number of aliphatic hydroxyl groups is 1. The lowest BCUT2D eigenvalue weighted by molar-refractivity contribution is -0.129. The Morgan fingerprint density at radius 1 is 1.52 bits per heavy atom. The van der Waals surface area contributed by atoms with Gasteiger partial charge in [0.1, 0.15) is 12.4 Å². The van der Waals surface area contributed by atoms with Gasteiger partial charge >= 0.3 is 0 Å². The first-order valence-electron chi connectivity index (χ1n) is 6.83. The van der Waals surface area contributed by atoms with E-state index in [0.717, 1.165) is 19.3 Å². The molecule has 1 saturated carbocycles. The number of carbonyl (C=O) groups is 1. The van der Waals surface area contributed by atoms with Crippen LogP contribution in [0.5, 0.6) is 0 Å². The Labute approximate surface area is 123 Å². The minimum absolute atomic E-state index is 0.185. The quantitative estimate of drug-likeness (QED) is 0.835. The molecule has 0 atom stereocenters. The second kappa shape index (κ2) is 6.70. The van der Waals surface area contributed by atoms with E-state index in [1.165, 1.54) is 18.2 Å². The molecule has 1 aliphatic carbocycles. The van der Waals surface area contributed by atoms with E-state index in [0.29, 0.717) is 11.3 Å². The lowest BCUT2D eigenvalue weighted by atomic mass is 9.77. The number of halogens is 1. The van der Waals surface area contributed by atoms with E-state index in [2.05, 4.69) is 17.2 Å². The molecule has 0 radical (unpaired) electrons. The van der Waals surface area contributed by atoms with Crippen LogP contribution in [0.4, 0.5) is 10.1 Å². The molecule has 0 aliphatic heterocycles. The minimum Gasteiger partial charge on any atom is -0.384 e. The van der Waals surface area contributed by atoms with Gasteiger partial charge in [-0.2, -0.15) is 0 Å². The maximum Gasteiger partial charge on any atom is 0.227 e. The van der Waals surface area contributed by atoms with Crippen molar-refractivity contribution in [3.8, 4) is 11.8 Å². The average molecular weight is 291 g/mol. The highest BCUT2D eigenvalue weighted by molar-refractivity contribution is 5.92. The fraction of sp³-hybridized carbons (Fsp3) is 0.438. The molecule has 0 spiro atoms. The van der Waals surface area contributed by atoms with Crippen LogP contribution in [0.3, 0.4) is 0 Å². The number of nitrogens with one attached hydrogen (secondary N) is 1. The largest absolute Gasteiger partial charge is 0.384 e. The van der Waals surface area contributed by atoms with Gasteiger partial charge in [-0.1, -0.05) is 11.8 Å². The second-order valence-electron chi connectivity index (χ2n) is 5.12. The molecule has 0 saturated heterocycles. The summed E-state index contributed by atoms with van der Waals surface area (Å²) in [6.07, 6.45) is 3.08. The molecule has 1 aliphatic rings. The second-order valence-corrected chi connectivity index (χ2v) is 5.12. The van der Waals surface area contributed by atoms with Crippen molar-refractivity contribution in [2.75, 3.05) is 19.0 Å². The molecule has 1 fully saturated rings. The van der Waals surface area contributed by atoms with E-state index >= 15 is 0 Å². The normalized spacial score (nSPS) is 15.6. The maximum atomic E-state index is 13.2. The Morgan fingerprint density at radius 2 is 2.29 bits per heavy atom. The lowest BCUT2D eigenvalue weighted by Crippen LogP contribution is -2.42. The Kier molecular flexibility index (Phi) is 4.94. The number of ether oxygens (including phenoxy) is 1. The van der Waals surface area contributed by atoms with Crippen LogP contribution in [0.2, 0.25) is 0 Å². The summed E-state index contributed by atoms with van der Waals surface area (Å²) in [5.41, 5.74) is 0.423. The molecule has 0 heterocycles. The van der Waals surface area contributed by atoms with E-state index in [4.69, 9.17) is 9.84 Å². The molecule has 0 unspecified atom stereocenters. The molecule has 1 aromatic carbocycles. The highest BCUT2D eigenvalue weighted by Crippen LogP contribution is 2.38. The van der Waals surface area contributed by atoms with Crippen molar-refractivity contribution >= 4 is 11.6 Å². The van der Waals surface area contributed by atoms with Gasteiger partial charge < -0.3 is 15.2 Å². The lowest BCUT2D eigenvalue weighted by Gasteiger charge is -2.39. The third-order valence-electron chi connectivity index (χ3n) is 3.74. The predicted octanol–water partition coefficient (Wildman–Crippen LogP) is 2.07. The summed E-state index contributed by atoms with van der Waals surface area (Å²) in [6.45, 7) is -0.323. The van der Waals surface area contributed by atoms with Crippen LogP contribution < -0.4 is 5.32 Å². The number of rotatable bonds is 4. The molecule has 5 heteroatoms. The number of hydrogen-bond acceptors (Lipinski definition) is 3. The molecule has 0 aromatic heterocycles. The van der Waals surface area contributed by atoms with Gasteiger partial charge in [0.2, 0.25) is 5.91 Å². The molecular weight excluding hydrogens is 273 g/mol. The third-order valence-corrected chi connectivity index (χ3v) is 3.74. The van der Waals surface area contributed by atoms with Gasteiger partial charge in [-0.05, 0) is 37.5 Å². The van der Waals surface area contributed by atoms with Gasteiger partial charge in [0, 0.05) is 7.11 Å². The zero-order valence-corrected chi connectivity index (χ0v) is 11.9. The summed E-state index contributed by atoms with van der Waals surface area (Å²) < 4.78 is 18.7. The van der Waals surface area contributed by atoms with Gasteiger partial charge in [-0.25, -0.2) is 4.39 Å². The number of hydrogen-bond donors (Lipinski definition) is 2. The van der Waals surface area contributed by atoms with E-state index < -0.39 is 5.82 Å². The average Bonchev–Trinajstić information content (AvgIpc) is 2.43. The van der Waals surface area contributed by atoms with Gasteiger partial charge in [-0.15, -0.1) is 0 Å². The van der Waals surface area contributed by atoms with Gasteiger partial charge in [-0.3, -0.25) is 4.79 Å². The number of methoxy groups -OCH3 is 1. The Morgan fingerprint density at radius 3 is 2.86 bits per heavy atom. The SMILES string of the molecule is COC1(CC(=O)Nc2ccc(F)cc2C#CCO)CCC1. The first kappa shape index (κ1) is 15.5. The smallest absolute Gasteiger partial charge is 0.227 e. The van der Waals surface area contributed by atoms with Crippen LogP contribution in [0, 0.1) is 17.7 Å². The van der Waals surface area contributed by atoms with Crippen molar-refractivity contribution in [2.45, 2.75) is 31.3 Å². The summed E-state index contributed by atoms with van der Waals surface area (Å²) in [5, 5.41) is 11.5. The maximum absolute atomic E-state index is 13.2. The molecule has 4 nitrogen and oxygen atoms in total. The number of amides is 1. The van der Waals surface area contributed by atoms with Crippen molar-refractivity contribution in [3.05, 3.63) is 29.6 Å². The molecule has 0 bridgehead atoms. The Hall–Kier alpha value is -1.90. The summed E-state index contributed by atoms with van der Waals surface area (Å²) in [5.74, 6) is 4.45. The topological polar surface area (TPSA) is 58.6 Å². The summed E-state index contributed by atoms with van der Waals surface area (Å²) >= 11 is 0. The van der Waals surface area contributed by atoms with Crippen molar-refractivity contribution in [2.24, 2.45) is 0 Å². The monoisotopic (exact) mass is 291 g/mol. The van der Waals surface area contributed by atoms with Gasteiger partial charge in [0.05, 0.1) is 23.3 Å². The number of carbonyl (C=O) groups excluding carboxylic acids is 1. The van der Waals surface area contributed by atoms with Crippen LogP contribution in [-0.2, 0) is 9.53 Å².